The Hall–Kier alpha value is -0.430. The number of hydrogen-bond acceptors (Lipinski definition) is 4. The highest BCUT2D eigenvalue weighted by Crippen LogP contribution is 2.01. The van der Waals surface area contributed by atoms with Crippen LogP contribution < -0.4 is 26.6 Å². The summed E-state index contributed by atoms with van der Waals surface area (Å²) in [4.78, 5) is 0. The fourth-order valence-electron chi connectivity index (χ4n) is 1.78. The molecule has 0 amide bonds. The Balaban J connectivity index is 4.51. The second-order valence-electron chi connectivity index (χ2n) is 3.86. The molecule has 16 heavy (non-hydrogen) atoms. The number of nitrogens with one attached hydrogen (secondary N) is 5. The molecule has 0 aromatic carbocycles. The summed E-state index contributed by atoms with van der Waals surface area (Å²) < 4.78 is 0. The zero-order chi connectivity index (χ0) is 12.4. The maximum absolute atomic E-state index is 5.24. The third-order valence-corrected chi connectivity index (χ3v) is 2.51. The summed E-state index contributed by atoms with van der Waals surface area (Å²) in [6.45, 7) is 5.37. The zero-order valence-corrected chi connectivity index (χ0v) is 11.6. The van der Waals surface area contributed by atoms with Crippen LogP contribution in [0.5, 0.6) is 0 Å². The first-order chi connectivity index (χ1) is 7.64. The molecule has 0 heterocycles. The number of rotatable bonds is 8. The molecule has 96 valence electrons. The van der Waals surface area contributed by atoms with Crippen molar-refractivity contribution < 1.29 is 0 Å². The molecule has 0 aliphatic heterocycles. The van der Waals surface area contributed by atoms with E-state index >= 15 is 0 Å². The molecule has 0 atom stereocenters. The Bertz CT molecular complexity index is 181. The summed E-state index contributed by atoms with van der Waals surface area (Å²) in [7, 11) is 5.83. The van der Waals surface area contributed by atoms with Gasteiger partial charge in [-0.25, -0.2) is 0 Å². The molecule has 0 saturated carbocycles. The first-order valence-electron chi connectivity index (χ1n) is 5.64. The zero-order valence-electron chi connectivity index (χ0n) is 10.7. The van der Waals surface area contributed by atoms with Gasteiger partial charge in [-0.1, -0.05) is 0 Å². The lowest BCUT2D eigenvalue weighted by molar-refractivity contribution is 0.341. The minimum atomic E-state index is -0.114. The lowest BCUT2D eigenvalue weighted by Crippen LogP contribution is -2.65. The summed E-state index contributed by atoms with van der Waals surface area (Å²) >= 11 is 5.24. The van der Waals surface area contributed by atoms with E-state index in [0.717, 1.165) is 26.2 Å². The molecule has 0 radical (unpaired) electrons. The van der Waals surface area contributed by atoms with Gasteiger partial charge in [-0.2, -0.15) is 0 Å². The summed E-state index contributed by atoms with van der Waals surface area (Å²) in [5.74, 6) is 0. The second kappa shape index (κ2) is 8.69. The van der Waals surface area contributed by atoms with Gasteiger partial charge >= 0.3 is 0 Å². The van der Waals surface area contributed by atoms with Gasteiger partial charge in [0.15, 0.2) is 5.11 Å². The smallest absolute Gasteiger partial charge is 0.166 e. The number of hydrogen-bond donors (Lipinski definition) is 5. The van der Waals surface area contributed by atoms with E-state index in [9.17, 15) is 0 Å². The van der Waals surface area contributed by atoms with Crippen molar-refractivity contribution >= 4 is 17.3 Å². The quantitative estimate of drug-likeness (QED) is 0.350. The van der Waals surface area contributed by atoms with Gasteiger partial charge in [0.05, 0.1) is 5.54 Å². The van der Waals surface area contributed by atoms with Gasteiger partial charge in [0.25, 0.3) is 0 Å². The van der Waals surface area contributed by atoms with Gasteiger partial charge in [0, 0.05) is 26.2 Å². The van der Waals surface area contributed by atoms with E-state index in [2.05, 4.69) is 26.6 Å². The van der Waals surface area contributed by atoms with Crippen molar-refractivity contribution in [3.63, 3.8) is 0 Å². The van der Waals surface area contributed by atoms with E-state index in [0.29, 0.717) is 5.11 Å². The Morgan fingerprint density at radius 1 is 1.00 bits per heavy atom. The summed E-state index contributed by atoms with van der Waals surface area (Å²) in [6, 6.07) is 0. The first kappa shape index (κ1) is 15.6. The van der Waals surface area contributed by atoms with Crippen LogP contribution in [0.25, 0.3) is 0 Å². The molecule has 0 aromatic rings. The molecular formula is C10H25N5S. The molecule has 0 aliphatic carbocycles. The van der Waals surface area contributed by atoms with Gasteiger partial charge < -0.3 is 26.6 Å². The lowest BCUT2D eigenvalue weighted by atomic mass is 9.99. The monoisotopic (exact) mass is 247 g/mol. The molecule has 6 heteroatoms. The van der Waals surface area contributed by atoms with Crippen molar-refractivity contribution in [3.8, 4) is 0 Å². The third-order valence-electron chi connectivity index (χ3n) is 2.26. The Labute approximate surface area is 104 Å². The van der Waals surface area contributed by atoms with E-state index in [-0.39, 0.29) is 5.54 Å². The van der Waals surface area contributed by atoms with Crippen LogP contribution in [0.15, 0.2) is 0 Å². The van der Waals surface area contributed by atoms with E-state index in [1.807, 2.05) is 28.1 Å². The van der Waals surface area contributed by atoms with Gasteiger partial charge in [-0.3, -0.25) is 0 Å². The van der Waals surface area contributed by atoms with E-state index in [1.165, 1.54) is 0 Å². The number of likely N-dealkylation sites (N-methyl/N-ethyl adjacent to an activating group) is 3. The van der Waals surface area contributed by atoms with E-state index in [1.54, 1.807) is 0 Å². The SMILES string of the molecule is CCNC(=S)NC(CNC)(CNC)CNC. The molecule has 0 aliphatic rings. The number of thiocarbonyl (C=S) groups is 1. The Kier molecular flexibility index (Phi) is 8.46. The lowest BCUT2D eigenvalue weighted by Gasteiger charge is -2.35. The maximum atomic E-state index is 5.24. The van der Waals surface area contributed by atoms with Crippen molar-refractivity contribution in [2.24, 2.45) is 0 Å². The molecular weight excluding hydrogens is 222 g/mol. The van der Waals surface area contributed by atoms with Crippen LogP contribution in [0.4, 0.5) is 0 Å². The van der Waals surface area contributed by atoms with Crippen molar-refractivity contribution in [1.29, 1.82) is 0 Å². The van der Waals surface area contributed by atoms with Crippen LogP contribution >= 0.6 is 12.2 Å². The van der Waals surface area contributed by atoms with E-state index in [4.69, 9.17) is 12.2 Å². The maximum Gasteiger partial charge on any atom is 0.166 e. The Morgan fingerprint density at radius 2 is 1.44 bits per heavy atom. The van der Waals surface area contributed by atoms with Crippen molar-refractivity contribution in [2.45, 2.75) is 12.5 Å². The van der Waals surface area contributed by atoms with Crippen molar-refractivity contribution in [2.75, 3.05) is 47.3 Å². The van der Waals surface area contributed by atoms with E-state index < -0.39 is 0 Å². The van der Waals surface area contributed by atoms with Crippen LogP contribution in [0.2, 0.25) is 0 Å². The van der Waals surface area contributed by atoms with Gasteiger partial charge in [0.2, 0.25) is 0 Å². The molecule has 0 unspecified atom stereocenters. The summed E-state index contributed by atoms with van der Waals surface area (Å²) in [5, 5.41) is 16.8. The molecule has 0 bridgehead atoms. The predicted octanol–water partition coefficient (Wildman–Crippen LogP) is -1.13. The molecule has 0 rings (SSSR count). The summed E-state index contributed by atoms with van der Waals surface area (Å²) in [6.07, 6.45) is 0. The molecule has 5 nitrogen and oxygen atoms in total. The van der Waals surface area contributed by atoms with Crippen LogP contribution in [0.3, 0.4) is 0 Å². The molecule has 0 spiro atoms. The third kappa shape index (κ3) is 5.60. The highest BCUT2D eigenvalue weighted by atomic mass is 32.1. The average Bonchev–Trinajstić information content (AvgIpc) is 2.18. The van der Waals surface area contributed by atoms with Crippen molar-refractivity contribution in [1.82, 2.24) is 26.6 Å². The van der Waals surface area contributed by atoms with Crippen LogP contribution in [0.1, 0.15) is 6.92 Å². The van der Waals surface area contributed by atoms with Gasteiger partial charge in [-0.15, -0.1) is 0 Å². The molecule has 0 saturated heterocycles. The largest absolute Gasteiger partial charge is 0.363 e. The minimum absolute atomic E-state index is 0.114. The van der Waals surface area contributed by atoms with Crippen LogP contribution in [0, 0.1) is 0 Å². The van der Waals surface area contributed by atoms with Crippen molar-refractivity contribution in [3.05, 3.63) is 0 Å². The molecule has 0 fully saturated rings. The van der Waals surface area contributed by atoms with Crippen LogP contribution in [-0.2, 0) is 0 Å². The molecule has 0 aromatic heterocycles. The fourth-order valence-corrected chi connectivity index (χ4v) is 2.14. The average molecular weight is 247 g/mol. The predicted molar refractivity (Wildman–Crippen MR) is 73.9 cm³/mol. The van der Waals surface area contributed by atoms with Crippen LogP contribution in [-0.4, -0.2) is 58.0 Å². The molecule has 5 N–H and O–H groups in total. The first-order valence-corrected chi connectivity index (χ1v) is 6.04. The summed E-state index contributed by atoms with van der Waals surface area (Å²) in [5.41, 5.74) is -0.114. The van der Waals surface area contributed by atoms with Gasteiger partial charge in [-0.05, 0) is 40.3 Å². The second-order valence-corrected chi connectivity index (χ2v) is 4.26. The fraction of sp³-hybridized carbons (Fsp3) is 0.900. The minimum Gasteiger partial charge on any atom is -0.363 e. The Morgan fingerprint density at radius 3 is 1.75 bits per heavy atom. The van der Waals surface area contributed by atoms with Gasteiger partial charge in [0.1, 0.15) is 0 Å². The topological polar surface area (TPSA) is 60.1 Å². The highest BCUT2D eigenvalue weighted by molar-refractivity contribution is 7.80. The highest BCUT2D eigenvalue weighted by Gasteiger charge is 2.28. The normalized spacial score (nSPS) is 11.2. The standard InChI is InChI=1S/C10H25N5S/c1-5-14-9(16)15-10(6-11-2,7-12-3)8-13-4/h11-13H,5-8H2,1-4H3,(H2,14,15,16).